The molecular formula is C20H28N8O3. The molecule has 2 aromatic rings. The number of rotatable bonds is 7. The highest BCUT2D eigenvalue weighted by molar-refractivity contribution is 5.94. The Labute approximate surface area is 180 Å². The van der Waals surface area contributed by atoms with Crippen LogP contribution < -0.4 is 26.7 Å². The van der Waals surface area contributed by atoms with Crippen molar-refractivity contribution in [3.05, 3.63) is 29.3 Å². The van der Waals surface area contributed by atoms with Crippen molar-refractivity contribution in [3.63, 3.8) is 0 Å². The second-order valence-electron chi connectivity index (χ2n) is 8.69. The fraction of sp³-hybridized carbons (Fsp3) is 0.450. The van der Waals surface area contributed by atoms with Crippen LogP contribution in [0.2, 0.25) is 0 Å². The Morgan fingerprint density at radius 3 is 2.61 bits per heavy atom. The number of anilines is 4. The molecule has 3 rings (SSSR count). The van der Waals surface area contributed by atoms with Crippen LogP contribution in [0, 0.1) is 12.3 Å². The number of carbonyl (C=O) groups excluding carboxylic acids is 2. The van der Waals surface area contributed by atoms with E-state index < -0.39 is 11.9 Å². The summed E-state index contributed by atoms with van der Waals surface area (Å²) in [6.45, 7) is 9.07. The molecular weight excluding hydrogens is 400 g/mol. The molecule has 0 radical (unpaired) electrons. The molecule has 1 aromatic carbocycles. The lowest BCUT2D eigenvalue weighted by molar-refractivity contribution is -0.124. The van der Waals surface area contributed by atoms with Crippen molar-refractivity contribution in [3.8, 4) is 0 Å². The molecule has 0 bridgehead atoms. The second kappa shape index (κ2) is 8.72. The van der Waals surface area contributed by atoms with E-state index in [0.717, 1.165) is 5.56 Å². The molecule has 2 amide bonds. The number of hydrogen-bond donors (Lipinski definition) is 4. The first-order valence-corrected chi connectivity index (χ1v) is 9.85. The summed E-state index contributed by atoms with van der Waals surface area (Å²) in [5, 5.41) is 6.11. The van der Waals surface area contributed by atoms with E-state index in [2.05, 4.69) is 51.8 Å². The monoisotopic (exact) mass is 428 g/mol. The van der Waals surface area contributed by atoms with Crippen molar-refractivity contribution in [2.45, 2.75) is 33.7 Å². The van der Waals surface area contributed by atoms with Gasteiger partial charge in [0.15, 0.2) is 0 Å². The third kappa shape index (κ3) is 5.79. The van der Waals surface area contributed by atoms with E-state index in [-0.39, 0.29) is 29.8 Å². The zero-order valence-electron chi connectivity index (χ0n) is 18.3. The maximum Gasteiger partial charge on any atom is 0.268 e. The summed E-state index contributed by atoms with van der Waals surface area (Å²) < 4.78 is 0. The molecule has 5 N–H and O–H groups in total. The minimum absolute atomic E-state index is 0.00808. The first-order chi connectivity index (χ1) is 14.5. The first kappa shape index (κ1) is 22.2. The van der Waals surface area contributed by atoms with E-state index in [9.17, 15) is 9.59 Å². The highest BCUT2D eigenvalue weighted by Gasteiger charge is 2.27. The van der Waals surface area contributed by atoms with Crippen molar-refractivity contribution in [2.75, 3.05) is 35.7 Å². The molecule has 1 aliphatic rings. The van der Waals surface area contributed by atoms with Crippen LogP contribution in [0.5, 0.6) is 0 Å². The Balaban J connectivity index is 1.95. The van der Waals surface area contributed by atoms with Gasteiger partial charge in [0.25, 0.3) is 5.91 Å². The smallest absolute Gasteiger partial charge is 0.268 e. The quantitative estimate of drug-likeness (QED) is 0.513. The Kier molecular flexibility index (Phi) is 6.25. The number of aryl methyl sites for hydroxylation is 1. The van der Waals surface area contributed by atoms with Gasteiger partial charge in [-0.05, 0) is 30.0 Å². The Morgan fingerprint density at radius 2 is 2.00 bits per heavy atom. The van der Waals surface area contributed by atoms with E-state index in [0.29, 0.717) is 23.7 Å². The fourth-order valence-electron chi connectivity index (χ4n) is 3.07. The lowest BCUT2D eigenvalue weighted by Crippen LogP contribution is -2.33. The molecule has 2 heterocycles. The predicted molar refractivity (Wildman–Crippen MR) is 117 cm³/mol. The van der Waals surface area contributed by atoms with Gasteiger partial charge in [-0.25, -0.2) is 5.48 Å². The number of aromatic nitrogens is 3. The molecule has 166 valence electrons. The fourth-order valence-corrected chi connectivity index (χ4v) is 3.07. The van der Waals surface area contributed by atoms with Crippen LogP contribution in [0.4, 0.5) is 23.5 Å². The summed E-state index contributed by atoms with van der Waals surface area (Å²) in [7, 11) is 1.89. The average molecular weight is 428 g/mol. The van der Waals surface area contributed by atoms with Crippen LogP contribution >= 0.6 is 0 Å². The molecule has 1 aliphatic heterocycles. The van der Waals surface area contributed by atoms with Crippen LogP contribution in [0.25, 0.3) is 0 Å². The zero-order valence-corrected chi connectivity index (χ0v) is 18.3. The maximum atomic E-state index is 11.9. The van der Waals surface area contributed by atoms with Gasteiger partial charge < -0.3 is 21.3 Å². The minimum atomic E-state index is -0.615. The number of nitrogens with one attached hydrogen (secondary N) is 3. The van der Waals surface area contributed by atoms with Crippen LogP contribution in [0.15, 0.2) is 18.2 Å². The lowest BCUT2D eigenvalue weighted by Gasteiger charge is -2.27. The van der Waals surface area contributed by atoms with Gasteiger partial charge in [0.2, 0.25) is 23.8 Å². The molecule has 1 atom stereocenters. The van der Waals surface area contributed by atoms with Gasteiger partial charge in [0, 0.05) is 24.8 Å². The second-order valence-corrected chi connectivity index (χ2v) is 8.69. The van der Waals surface area contributed by atoms with Crippen LogP contribution in [-0.2, 0) is 9.63 Å². The number of nitrogens with zero attached hydrogens (tertiary/aromatic N) is 4. The van der Waals surface area contributed by atoms with E-state index in [1.54, 1.807) is 18.2 Å². The van der Waals surface area contributed by atoms with Gasteiger partial charge in [-0.15, -0.1) is 0 Å². The van der Waals surface area contributed by atoms with E-state index in [1.165, 1.54) is 0 Å². The normalized spacial score (nSPS) is 16.0. The molecule has 0 spiro atoms. The van der Waals surface area contributed by atoms with Gasteiger partial charge in [0.05, 0.1) is 0 Å². The van der Waals surface area contributed by atoms with Crippen molar-refractivity contribution in [1.29, 1.82) is 0 Å². The molecule has 0 unspecified atom stereocenters. The van der Waals surface area contributed by atoms with Gasteiger partial charge in [-0.3, -0.25) is 14.4 Å². The van der Waals surface area contributed by atoms with Crippen molar-refractivity contribution in [1.82, 2.24) is 20.4 Å². The molecule has 0 aliphatic carbocycles. The van der Waals surface area contributed by atoms with Crippen molar-refractivity contribution in [2.24, 2.45) is 11.1 Å². The van der Waals surface area contributed by atoms with Crippen LogP contribution in [-0.4, -0.2) is 53.0 Å². The summed E-state index contributed by atoms with van der Waals surface area (Å²) in [6, 6.07) is 4.47. The number of benzene rings is 1. The average Bonchev–Trinajstić information content (AvgIpc) is 3.06. The number of nitrogens with two attached hydrogens (primary N) is 1. The minimum Gasteiger partial charge on any atom is -0.366 e. The summed E-state index contributed by atoms with van der Waals surface area (Å²) >= 11 is 0. The van der Waals surface area contributed by atoms with Crippen LogP contribution in [0.1, 0.15) is 36.7 Å². The summed E-state index contributed by atoms with van der Waals surface area (Å²) in [4.78, 5) is 43.7. The van der Waals surface area contributed by atoms with Gasteiger partial charge in [-0.1, -0.05) is 26.8 Å². The first-order valence-electron chi connectivity index (χ1n) is 9.85. The zero-order chi connectivity index (χ0) is 22.8. The highest BCUT2D eigenvalue weighted by atomic mass is 16.7. The van der Waals surface area contributed by atoms with Crippen molar-refractivity contribution < 1.29 is 14.4 Å². The summed E-state index contributed by atoms with van der Waals surface area (Å²) in [6.07, 6.45) is 0. The molecule has 31 heavy (non-hydrogen) atoms. The Morgan fingerprint density at radius 1 is 1.29 bits per heavy atom. The Hall–Kier alpha value is -3.47. The molecule has 11 nitrogen and oxygen atoms in total. The Bertz CT molecular complexity index is 989. The van der Waals surface area contributed by atoms with E-state index in [1.807, 2.05) is 18.9 Å². The largest absolute Gasteiger partial charge is 0.366 e. The third-order valence-corrected chi connectivity index (χ3v) is 4.49. The predicted octanol–water partition coefficient (Wildman–Crippen LogP) is 1.35. The summed E-state index contributed by atoms with van der Waals surface area (Å²) in [5.41, 5.74) is 9.59. The van der Waals surface area contributed by atoms with Crippen LogP contribution in [0.3, 0.4) is 0 Å². The molecule has 0 saturated carbocycles. The molecule has 1 saturated heterocycles. The van der Waals surface area contributed by atoms with E-state index >= 15 is 0 Å². The molecule has 1 fully saturated rings. The van der Waals surface area contributed by atoms with Gasteiger partial charge >= 0.3 is 0 Å². The SMILES string of the molecule is Cc1ccc(C(N)=O)cc1Nc1nc(N[C@@H]2CONC2=O)nc(N(C)CC(C)(C)C)n1. The molecule has 11 heteroatoms. The third-order valence-electron chi connectivity index (χ3n) is 4.49. The standard InChI is InChI=1S/C20H28N8O3/c1-11-6-7-12(15(21)29)8-13(11)22-17-24-18(23-14-9-31-27-16(14)30)26-19(25-17)28(5)10-20(2,3)4/h6-8,14H,9-10H2,1-5H3,(H2,21,29)(H,27,30)(H2,22,23,24,25,26)/t14-/m1/s1. The highest BCUT2D eigenvalue weighted by Crippen LogP contribution is 2.24. The number of carbonyl (C=O) groups is 2. The van der Waals surface area contributed by atoms with Gasteiger partial charge in [-0.2, -0.15) is 15.0 Å². The van der Waals surface area contributed by atoms with Crippen molar-refractivity contribution >= 4 is 35.3 Å². The number of primary amides is 1. The maximum absolute atomic E-state index is 11.9. The number of hydroxylamine groups is 1. The molecule has 1 aromatic heterocycles. The topological polar surface area (TPSA) is 147 Å². The number of amides is 2. The summed E-state index contributed by atoms with van der Waals surface area (Å²) in [5.74, 6) is 0.0845. The number of hydrogen-bond acceptors (Lipinski definition) is 9. The lowest BCUT2D eigenvalue weighted by atomic mass is 9.96. The van der Waals surface area contributed by atoms with Gasteiger partial charge in [0.1, 0.15) is 12.6 Å². The van der Waals surface area contributed by atoms with E-state index in [4.69, 9.17) is 10.6 Å².